The van der Waals surface area contributed by atoms with Gasteiger partial charge >= 0.3 is 6.03 Å². The zero-order valence-corrected chi connectivity index (χ0v) is 13.9. The van der Waals surface area contributed by atoms with Gasteiger partial charge in [-0.2, -0.15) is 0 Å². The SMILES string of the molecule is C=CCc1ccc(OC[C@H](O)CN2C(=O)CN(C)C2=O)c(OC)c1. The van der Waals surface area contributed by atoms with Gasteiger partial charge in [-0.25, -0.2) is 4.79 Å². The molecule has 0 spiro atoms. The summed E-state index contributed by atoms with van der Waals surface area (Å²) in [6.45, 7) is 3.57. The molecule has 1 fully saturated rings. The number of likely N-dealkylation sites (N-methyl/N-ethyl adjacent to an activating group) is 1. The van der Waals surface area contributed by atoms with Crippen LogP contribution in [0.4, 0.5) is 4.79 Å². The van der Waals surface area contributed by atoms with E-state index < -0.39 is 12.1 Å². The lowest BCUT2D eigenvalue weighted by atomic mass is 10.1. The molecule has 1 aromatic rings. The molecule has 1 atom stereocenters. The molecule has 1 aromatic carbocycles. The molecule has 24 heavy (non-hydrogen) atoms. The third-order valence-electron chi connectivity index (χ3n) is 3.66. The number of rotatable bonds is 8. The highest BCUT2D eigenvalue weighted by atomic mass is 16.5. The number of ether oxygens (including phenoxy) is 2. The summed E-state index contributed by atoms with van der Waals surface area (Å²) < 4.78 is 10.8. The number of urea groups is 1. The molecule has 2 rings (SSSR count). The van der Waals surface area contributed by atoms with Gasteiger partial charge in [-0.3, -0.25) is 9.69 Å². The van der Waals surface area contributed by atoms with Gasteiger partial charge in [0.25, 0.3) is 0 Å². The fraction of sp³-hybridized carbons (Fsp3) is 0.412. The maximum absolute atomic E-state index is 11.8. The Morgan fingerprint density at radius 2 is 2.12 bits per heavy atom. The average molecular weight is 334 g/mol. The quantitative estimate of drug-likeness (QED) is 0.568. The van der Waals surface area contributed by atoms with Crippen LogP contribution in [0.15, 0.2) is 30.9 Å². The first-order chi connectivity index (χ1) is 11.5. The van der Waals surface area contributed by atoms with Crippen LogP contribution in [-0.2, 0) is 11.2 Å². The minimum Gasteiger partial charge on any atom is -0.493 e. The average Bonchev–Trinajstić information content (AvgIpc) is 2.80. The van der Waals surface area contributed by atoms with E-state index in [9.17, 15) is 14.7 Å². The summed E-state index contributed by atoms with van der Waals surface area (Å²) in [7, 11) is 3.08. The van der Waals surface area contributed by atoms with Gasteiger partial charge in [0.05, 0.1) is 13.7 Å². The van der Waals surface area contributed by atoms with Crippen LogP contribution in [0.25, 0.3) is 0 Å². The fourth-order valence-corrected chi connectivity index (χ4v) is 2.42. The summed E-state index contributed by atoms with van der Waals surface area (Å²) in [6, 6.07) is 5.07. The van der Waals surface area contributed by atoms with Crippen LogP contribution < -0.4 is 9.47 Å². The third-order valence-corrected chi connectivity index (χ3v) is 3.66. The van der Waals surface area contributed by atoms with Gasteiger partial charge in [-0.1, -0.05) is 12.1 Å². The molecule has 0 aliphatic carbocycles. The van der Waals surface area contributed by atoms with Crippen LogP contribution in [0.3, 0.4) is 0 Å². The molecular formula is C17H22N2O5. The minimum atomic E-state index is -0.984. The lowest BCUT2D eigenvalue weighted by molar-refractivity contribution is -0.126. The molecule has 7 nitrogen and oxygen atoms in total. The van der Waals surface area contributed by atoms with E-state index in [0.29, 0.717) is 17.9 Å². The van der Waals surface area contributed by atoms with Gasteiger partial charge < -0.3 is 19.5 Å². The normalized spacial score (nSPS) is 15.6. The number of aliphatic hydroxyl groups excluding tert-OH is 1. The number of nitrogens with zero attached hydrogens (tertiary/aromatic N) is 2. The number of allylic oxidation sites excluding steroid dienone is 1. The summed E-state index contributed by atoms with van der Waals surface area (Å²) in [5.74, 6) is 0.711. The van der Waals surface area contributed by atoms with E-state index in [1.807, 2.05) is 12.1 Å². The largest absolute Gasteiger partial charge is 0.493 e. The van der Waals surface area contributed by atoms with E-state index in [4.69, 9.17) is 9.47 Å². The van der Waals surface area contributed by atoms with Crippen molar-refractivity contribution in [2.45, 2.75) is 12.5 Å². The van der Waals surface area contributed by atoms with Crippen LogP contribution in [0.5, 0.6) is 11.5 Å². The molecule has 0 radical (unpaired) electrons. The number of hydrogen-bond acceptors (Lipinski definition) is 5. The van der Waals surface area contributed by atoms with E-state index in [1.54, 1.807) is 19.2 Å². The summed E-state index contributed by atoms with van der Waals surface area (Å²) >= 11 is 0. The van der Waals surface area contributed by atoms with Crippen molar-refractivity contribution >= 4 is 11.9 Å². The molecule has 1 heterocycles. The van der Waals surface area contributed by atoms with E-state index in [0.717, 1.165) is 10.5 Å². The maximum atomic E-state index is 11.8. The van der Waals surface area contributed by atoms with Crippen molar-refractivity contribution in [1.82, 2.24) is 9.80 Å². The number of hydrogen-bond donors (Lipinski definition) is 1. The van der Waals surface area contributed by atoms with Gasteiger partial charge in [-0.05, 0) is 24.1 Å². The van der Waals surface area contributed by atoms with Gasteiger partial charge in [0.1, 0.15) is 19.3 Å². The van der Waals surface area contributed by atoms with Crippen molar-refractivity contribution in [2.24, 2.45) is 0 Å². The predicted octanol–water partition coefficient (Wildman–Crippen LogP) is 1.06. The molecule has 1 aliphatic rings. The minimum absolute atomic E-state index is 0.0327. The van der Waals surface area contributed by atoms with Gasteiger partial charge in [-0.15, -0.1) is 6.58 Å². The third kappa shape index (κ3) is 4.05. The second-order valence-corrected chi connectivity index (χ2v) is 5.59. The number of carbonyl (C=O) groups is 2. The first kappa shape index (κ1) is 17.8. The molecule has 0 bridgehead atoms. The van der Waals surface area contributed by atoms with Crippen LogP contribution >= 0.6 is 0 Å². The Morgan fingerprint density at radius 3 is 2.71 bits per heavy atom. The van der Waals surface area contributed by atoms with Gasteiger partial charge in [0, 0.05) is 7.05 Å². The van der Waals surface area contributed by atoms with Crippen molar-refractivity contribution in [3.05, 3.63) is 36.4 Å². The highest BCUT2D eigenvalue weighted by Crippen LogP contribution is 2.28. The molecule has 1 saturated heterocycles. The smallest absolute Gasteiger partial charge is 0.327 e. The molecule has 1 aliphatic heterocycles. The van der Waals surface area contributed by atoms with Crippen molar-refractivity contribution in [1.29, 1.82) is 0 Å². The van der Waals surface area contributed by atoms with Crippen molar-refractivity contribution < 1.29 is 24.2 Å². The number of methoxy groups -OCH3 is 1. The van der Waals surface area contributed by atoms with Crippen molar-refractivity contribution in [2.75, 3.05) is 33.9 Å². The summed E-state index contributed by atoms with van der Waals surface area (Å²) in [4.78, 5) is 25.8. The lowest BCUT2D eigenvalue weighted by Crippen LogP contribution is -2.40. The molecule has 7 heteroatoms. The number of imide groups is 1. The second-order valence-electron chi connectivity index (χ2n) is 5.59. The first-order valence-corrected chi connectivity index (χ1v) is 7.60. The van der Waals surface area contributed by atoms with Crippen LogP contribution in [0.2, 0.25) is 0 Å². The molecule has 130 valence electrons. The zero-order valence-electron chi connectivity index (χ0n) is 13.9. The van der Waals surface area contributed by atoms with E-state index >= 15 is 0 Å². The van der Waals surface area contributed by atoms with Crippen molar-refractivity contribution in [3.63, 3.8) is 0 Å². The molecule has 0 saturated carbocycles. The Balaban J connectivity index is 1.94. The van der Waals surface area contributed by atoms with E-state index in [2.05, 4.69) is 6.58 Å². The van der Waals surface area contributed by atoms with E-state index in [1.165, 1.54) is 12.0 Å². The number of β-amino-alcohol motifs (C(OH)–C–C–N with tert-alkyl or cyclic N) is 1. The number of aliphatic hydroxyl groups is 1. The maximum Gasteiger partial charge on any atom is 0.327 e. The topological polar surface area (TPSA) is 79.3 Å². The molecule has 3 amide bonds. The number of carbonyl (C=O) groups excluding carboxylic acids is 2. The van der Waals surface area contributed by atoms with Crippen molar-refractivity contribution in [3.8, 4) is 11.5 Å². The fourth-order valence-electron chi connectivity index (χ4n) is 2.42. The Morgan fingerprint density at radius 1 is 1.38 bits per heavy atom. The van der Waals surface area contributed by atoms with Gasteiger partial charge in [0.15, 0.2) is 11.5 Å². The Hall–Kier alpha value is -2.54. The Kier molecular flexibility index (Phi) is 5.81. The van der Waals surface area contributed by atoms with E-state index in [-0.39, 0.29) is 25.6 Å². The highest BCUT2D eigenvalue weighted by Gasteiger charge is 2.34. The predicted molar refractivity (Wildman–Crippen MR) is 88.1 cm³/mol. The molecular weight excluding hydrogens is 312 g/mol. The molecule has 0 unspecified atom stereocenters. The first-order valence-electron chi connectivity index (χ1n) is 7.60. The number of benzene rings is 1. The second kappa shape index (κ2) is 7.83. The highest BCUT2D eigenvalue weighted by molar-refractivity contribution is 6.01. The monoisotopic (exact) mass is 334 g/mol. The summed E-state index contributed by atoms with van der Waals surface area (Å²) in [5.41, 5.74) is 1.03. The van der Waals surface area contributed by atoms with Gasteiger partial charge in [0.2, 0.25) is 5.91 Å². The number of amides is 3. The van der Waals surface area contributed by atoms with Crippen LogP contribution in [0, 0.1) is 0 Å². The summed E-state index contributed by atoms with van der Waals surface area (Å²) in [5, 5.41) is 10.1. The lowest BCUT2D eigenvalue weighted by Gasteiger charge is -2.19. The summed E-state index contributed by atoms with van der Waals surface area (Å²) in [6.07, 6.45) is 1.52. The molecule has 1 N–H and O–H groups in total. The Bertz CT molecular complexity index is 631. The molecule has 0 aromatic heterocycles. The zero-order chi connectivity index (χ0) is 17.7. The van der Waals surface area contributed by atoms with Crippen LogP contribution in [0.1, 0.15) is 5.56 Å². The van der Waals surface area contributed by atoms with Crippen LogP contribution in [-0.4, -0.2) is 66.8 Å². The standard InChI is InChI=1S/C17H22N2O5/c1-4-5-12-6-7-14(15(8-12)23-3)24-11-13(20)9-19-16(21)10-18(2)17(19)22/h4,6-8,13,20H,1,5,9-11H2,2-3H3/t13-/m1/s1. The Labute approximate surface area is 141 Å².